The van der Waals surface area contributed by atoms with Gasteiger partial charge in [0.1, 0.15) is 5.82 Å². The predicted molar refractivity (Wildman–Crippen MR) is 112 cm³/mol. The highest BCUT2D eigenvalue weighted by Crippen LogP contribution is 2.20. The Labute approximate surface area is 170 Å². The standard InChI is InChI=1S/C22H26N4O3/c1-15-7-8-20(23-13-15)25-22(29)17-9-11-26(12-10-17)14-21(28)24-19-6-4-3-5-18(19)16(2)27/h3-8,13,17H,9-12,14H2,1-2H3,(H,24,28)(H,23,25,29). The van der Waals surface area contributed by atoms with Gasteiger partial charge in [-0.15, -0.1) is 0 Å². The van der Waals surface area contributed by atoms with E-state index in [0.29, 0.717) is 43.0 Å². The van der Waals surface area contributed by atoms with Gasteiger partial charge in [0.2, 0.25) is 11.8 Å². The molecule has 0 saturated carbocycles. The van der Waals surface area contributed by atoms with E-state index in [9.17, 15) is 14.4 Å². The van der Waals surface area contributed by atoms with Crippen LogP contribution in [0.4, 0.5) is 11.5 Å². The normalized spacial score (nSPS) is 15.0. The highest BCUT2D eigenvalue weighted by atomic mass is 16.2. The van der Waals surface area contributed by atoms with Crippen LogP contribution < -0.4 is 10.6 Å². The van der Waals surface area contributed by atoms with Crippen molar-refractivity contribution in [1.29, 1.82) is 0 Å². The first-order valence-electron chi connectivity index (χ1n) is 9.78. The van der Waals surface area contributed by atoms with Gasteiger partial charge in [0.05, 0.1) is 12.2 Å². The van der Waals surface area contributed by atoms with Crippen LogP contribution in [0.5, 0.6) is 0 Å². The van der Waals surface area contributed by atoms with Crippen LogP contribution in [0.25, 0.3) is 0 Å². The molecule has 7 nitrogen and oxygen atoms in total. The van der Waals surface area contributed by atoms with Gasteiger partial charge in [-0.25, -0.2) is 4.98 Å². The lowest BCUT2D eigenvalue weighted by Crippen LogP contribution is -2.41. The minimum Gasteiger partial charge on any atom is -0.324 e. The number of likely N-dealkylation sites (tertiary alicyclic amines) is 1. The molecule has 2 amide bonds. The minimum absolute atomic E-state index is 0.0270. The van der Waals surface area contributed by atoms with Gasteiger partial charge >= 0.3 is 0 Å². The number of rotatable bonds is 6. The van der Waals surface area contributed by atoms with E-state index in [4.69, 9.17) is 0 Å². The third kappa shape index (κ3) is 5.71. The second-order valence-electron chi connectivity index (χ2n) is 7.41. The Morgan fingerprint density at radius 1 is 1.07 bits per heavy atom. The number of aryl methyl sites for hydroxylation is 1. The van der Waals surface area contributed by atoms with E-state index in [1.165, 1.54) is 6.92 Å². The molecule has 1 aromatic heterocycles. The molecule has 2 N–H and O–H groups in total. The highest BCUT2D eigenvalue weighted by Gasteiger charge is 2.26. The summed E-state index contributed by atoms with van der Waals surface area (Å²) in [7, 11) is 0. The summed E-state index contributed by atoms with van der Waals surface area (Å²) < 4.78 is 0. The first-order chi connectivity index (χ1) is 13.9. The van der Waals surface area contributed by atoms with Crippen molar-refractivity contribution >= 4 is 29.1 Å². The summed E-state index contributed by atoms with van der Waals surface area (Å²) in [6.07, 6.45) is 3.10. The number of amides is 2. The lowest BCUT2D eigenvalue weighted by Gasteiger charge is -2.30. The zero-order valence-corrected chi connectivity index (χ0v) is 16.8. The number of pyridine rings is 1. The molecule has 0 atom stereocenters. The molecule has 152 valence electrons. The SMILES string of the molecule is CC(=O)c1ccccc1NC(=O)CN1CCC(C(=O)Nc2ccc(C)cn2)CC1. The average molecular weight is 394 g/mol. The van der Waals surface area contributed by atoms with Gasteiger partial charge in [-0.3, -0.25) is 19.3 Å². The first-order valence-corrected chi connectivity index (χ1v) is 9.78. The zero-order chi connectivity index (χ0) is 20.8. The number of benzene rings is 1. The molecule has 3 rings (SSSR count). The maximum Gasteiger partial charge on any atom is 0.238 e. The summed E-state index contributed by atoms with van der Waals surface area (Å²) in [6.45, 7) is 5.00. The predicted octanol–water partition coefficient (Wildman–Crippen LogP) is 2.88. The summed E-state index contributed by atoms with van der Waals surface area (Å²) in [5, 5.41) is 5.69. The third-order valence-corrected chi connectivity index (χ3v) is 5.07. The Morgan fingerprint density at radius 3 is 2.45 bits per heavy atom. The molecule has 1 fully saturated rings. The van der Waals surface area contributed by atoms with Gasteiger partial charge in [-0.1, -0.05) is 18.2 Å². The first kappa shape index (κ1) is 20.7. The van der Waals surface area contributed by atoms with Gasteiger partial charge in [0.25, 0.3) is 0 Å². The number of hydrogen-bond acceptors (Lipinski definition) is 5. The number of Topliss-reactive ketones (excluding diaryl/α,β-unsaturated/α-hetero) is 1. The van der Waals surface area contributed by atoms with E-state index < -0.39 is 0 Å². The molecular formula is C22H26N4O3. The number of para-hydroxylation sites is 1. The fourth-order valence-corrected chi connectivity index (χ4v) is 3.42. The van der Waals surface area contributed by atoms with Crippen LogP contribution in [-0.2, 0) is 9.59 Å². The number of carbonyl (C=O) groups excluding carboxylic acids is 3. The fraction of sp³-hybridized carbons (Fsp3) is 0.364. The van der Waals surface area contributed by atoms with Crippen molar-refractivity contribution in [2.45, 2.75) is 26.7 Å². The van der Waals surface area contributed by atoms with Crippen LogP contribution in [0.3, 0.4) is 0 Å². The Morgan fingerprint density at radius 2 is 1.79 bits per heavy atom. The van der Waals surface area contributed by atoms with Gasteiger partial charge in [-0.05, 0) is 63.5 Å². The molecule has 1 aliphatic heterocycles. The Hall–Kier alpha value is -3.06. The minimum atomic E-state index is -0.162. The second kappa shape index (κ2) is 9.43. The zero-order valence-electron chi connectivity index (χ0n) is 16.8. The number of ketones is 1. The number of piperidine rings is 1. The van der Waals surface area contributed by atoms with Crippen molar-refractivity contribution in [3.05, 3.63) is 53.7 Å². The van der Waals surface area contributed by atoms with Crippen LogP contribution in [0.1, 0.15) is 35.7 Å². The molecular weight excluding hydrogens is 368 g/mol. The maximum absolute atomic E-state index is 12.4. The monoisotopic (exact) mass is 394 g/mol. The summed E-state index contributed by atoms with van der Waals surface area (Å²) in [5.41, 5.74) is 2.08. The van der Waals surface area contributed by atoms with Crippen LogP contribution >= 0.6 is 0 Å². The number of aromatic nitrogens is 1. The Bertz CT molecular complexity index is 887. The topological polar surface area (TPSA) is 91.4 Å². The van der Waals surface area contributed by atoms with Crippen LogP contribution in [0.2, 0.25) is 0 Å². The number of nitrogens with one attached hydrogen (secondary N) is 2. The van der Waals surface area contributed by atoms with Crippen LogP contribution in [0.15, 0.2) is 42.6 Å². The molecule has 0 spiro atoms. The largest absolute Gasteiger partial charge is 0.324 e. The molecule has 1 aromatic carbocycles. The van der Waals surface area contributed by atoms with Crippen LogP contribution in [0, 0.1) is 12.8 Å². The lowest BCUT2D eigenvalue weighted by atomic mass is 9.96. The van der Waals surface area contributed by atoms with Crippen LogP contribution in [-0.4, -0.2) is 47.1 Å². The van der Waals surface area contributed by atoms with E-state index in [0.717, 1.165) is 5.56 Å². The number of carbonyl (C=O) groups is 3. The van der Waals surface area contributed by atoms with Crippen molar-refractivity contribution in [3.8, 4) is 0 Å². The van der Waals surface area contributed by atoms with E-state index in [-0.39, 0.29) is 30.1 Å². The van der Waals surface area contributed by atoms with Gasteiger partial charge in [-0.2, -0.15) is 0 Å². The van der Waals surface area contributed by atoms with E-state index in [1.54, 1.807) is 36.5 Å². The molecule has 1 aliphatic rings. The molecule has 29 heavy (non-hydrogen) atoms. The fourth-order valence-electron chi connectivity index (χ4n) is 3.42. The summed E-state index contributed by atoms with van der Waals surface area (Å²) >= 11 is 0. The second-order valence-corrected chi connectivity index (χ2v) is 7.41. The third-order valence-electron chi connectivity index (χ3n) is 5.07. The molecule has 2 heterocycles. The van der Waals surface area contributed by atoms with Crippen molar-refractivity contribution in [3.63, 3.8) is 0 Å². The Kier molecular flexibility index (Phi) is 6.72. The van der Waals surface area contributed by atoms with Crippen molar-refractivity contribution in [2.24, 2.45) is 5.92 Å². The average Bonchev–Trinajstić information content (AvgIpc) is 2.70. The van der Waals surface area contributed by atoms with Crippen molar-refractivity contribution < 1.29 is 14.4 Å². The molecule has 1 saturated heterocycles. The van der Waals surface area contributed by atoms with Crippen molar-refractivity contribution in [2.75, 3.05) is 30.3 Å². The number of anilines is 2. The van der Waals surface area contributed by atoms with E-state index in [2.05, 4.69) is 15.6 Å². The number of hydrogen-bond donors (Lipinski definition) is 2. The Balaban J connectivity index is 1.47. The lowest BCUT2D eigenvalue weighted by molar-refractivity contribution is -0.121. The highest BCUT2D eigenvalue weighted by molar-refractivity contribution is 6.04. The number of nitrogens with zero attached hydrogens (tertiary/aromatic N) is 2. The summed E-state index contributed by atoms with van der Waals surface area (Å²) in [4.78, 5) is 42.7. The summed E-state index contributed by atoms with van der Waals surface area (Å²) in [6, 6.07) is 10.7. The van der Waals surface area contributed by atoms with Gasteiger partial charge in [0.15, 0.2) is 5.78 Å². The maximum atomic E-state index is 12.4. The summed E-state index contributed by atoms with van der Waals surface area (Å²) in [5.74, 6) is 0.199. The van der Waals surface area contributed by atoms with E-state index >= 15 is 0 Å². The molecule has 0 unspecified atom stereocenters. The molecule has 2 aromatic rings. The van der Waals surface area contributed by atoms with Crippen molar-refractivity contribution in [1.82, 2.24) is 9.88 Å². The molecule has 0 radical (unpaired) electrons. The van der Waals surface area contributed by atoms with E-state index in [1.807, 2.05) is 17.9 Å². The molecule has 0 aliphatic carbocycles. The quantitative estimate of drug-likeness (QED) is 0.735. The van der Waals surface area contributed by atoms with Gasteiger partial charge < -0.3 is 10.6 Å². The van der Waals surface area contributed by atoms with Gasteiger partial charge in [0, 0.05) is 17.7 Å². The molecule has 0 bridgehead atoms. The molecule has 7 heteroatoms. The smallest absolute Gasteiger partial charge is 0.238 e.